The van der Waals surface area contributed by atoms with Crippen LogP contribution in [0.25, 0.3) is 11.0 Å². The number of hydrogen-bond donors (Lipinski definition) is 2. The van der Waals surface area contributed by atoms with E-state index in [0.29, 0.717) is 17.9 Å². The van der Waals surface area contributed by atoms with Crippen LogP contribution in [-0.2, 0) is 10.3 Å². The lowest BCUT2D eigenvalue weighted by Crippen LogP contribution is -2.46. The molecule has 5 heteroatoms. The van der Waals surface area contributed by atoms with Crippen molar-refractivity contribution in [3.05, 3.63) is 34.5 Å². The van der Waals surface area contributed by atoms with Crippen LogP contribution in [0.1, 0.15) is 19.6 Å². The highest BCUT2D eigenvalue weighted by atomic mass is 79.9. The van der Waals surface area contributed by atoms with Gasteiger partial charge in [-0.05, 0) is 37.7 Å². The summed E-state index contributed by atoms with van der Waals surface area (Å²) in [7, 11) is 0. The molecule has 4 nitrogen and oxygen atoms in total. The Balaban J connectivity index is 2.55. The van der Waals surface area contributed by atoms with E-state index in [1.165, 1.54) is 0 Å². The summed E-state index contributed by atoms with van der Waals surface area (Å²) in [6, 6.07) is 7.34. The number of rotatable bonds is 4. The van der Waals surface area contributed by atoms with Crippen molar-refractivity contribution in [2.45, 2.75) is 19.4 Å². The normalized spacial score (nSPS) is 14.6. The van der Waals surface area contributed by atoms with Crippen LogP contribution >= 0.6 is 15.9 Å². The Labute approximate surface area is 113 Å². The van der Waals surface area contributed by atoms with Crippen LogP contribution in [0.3, 0.4) is 0 Å². The zero-order valence-electron chi connectivity index (χ0n) is 10.2. The molecule has 0 saturated carbocycles. The van der Waals surface area contributed by atoms with Crippen molar-refractivity contribution in [2.24, 2.45) is 0 Å². The van der Waals surface area contributed by atoms with Gasteiger partial charge in [0.05, 0.1) is 0 Å². The fraction of sp³-hybridized carbons (Fsp3) is 0.308. The van der Waals surface area contributed by atoms with Gasteiger partial charge in [-0.1, -0.05) is 22.9 Å². The summed E-state index contributed by atoms with van der Waals surface area (Å²) in [4.78, 5) is 11.4. The lowest BCUT2D eigenvalue weighted by molar-refractivity contribution is -0.145. The van der Waals surface area contributed by atoms with Crippen molar-refractivity contribution in [1.29, 1.82) is 0 Å². The number of halogens is 1. The maximum Gasteiger partial charge on any atom is 0.331 e. The predicted molar refractivity (Wildman–Crippen MR) is 72.6 cm³/mol. The molecule has 0 saturated heterocycles. The molecule has 0 aliphatic heterocycles. The molecule has 96 valence electrons. The quantitative estimate of drug-likeness (QED) is 0.910. The van der Waals surface area contributed by atoms with Crippen molar-refractivity contribution in [1.82, 2.24) is 5.32 Å². The highest BCUT2D eigenvalue weighted by Gasteiger charge is 2.37. The molecule has 0 aliphatic carbocycles. The third kappa shape index (κ3) is 2.15. The Kier molecular flexibility index (Phi) is 3.45. The molecule has 1 aromatic carbocycles. The Hall–Kier alpha value is -1.33. The van der Waals surface area contributed by atoms with E-state index in [0.717, 1.165) is 9.86 Å². The first-order valence-electron chi connectivity index (χ1n) is 5.65. The molecule has 0 fully saturated rings. The van der Waals surface area contributed by atoms with Crippen molar-refractivity contribution in [3.8, 4) is 0 Å². The number of carboxylic acids is 1. The lowest BCUT2D eigenvalue weighted by Gasteiger charge is -2.22. The van der Waals surface area contributed by atoms with Gasteiger partial charge in [-0.15, -0.1) is 0 Å². The fourth-order valence-electron chi connectivity index (χ4n) is 1.88. The summed E-state index contributed by atoms with van der Waals surface area (Å²) in [5, 5.41) is 13.2. The zero-order chi connectivity index (χ0) is 13.3. The van der Waals surface area contributed by atoms with Crippen molar-refractivity contribution in [3.63, 3.8) is 0 Å². The van der Waals surface area contributed by atoms with Crippen LogP contribution in [0, 0.1) is 0 Å². The number of nitrogens with one attached hydrogen (secondary N) is 1. The number of carbonyl (C=O) groups is 1. The molecule has 0 bridgehead atoms. The molecule has 1 heterocycles. The molecule has 2 N–H and O–H groups in total. The average Bonchev–Trinajstić information content (AvgIpc) is 2.72. The van der Waals surface area contributed by atoms with Gasteiger partial charge >= 0.3 is 5.97 Å². The van der Waals surface area contributed by atoms with Crippen molar-refractivity contribution >= 4 is 32.9 Å². The topological polar surface area (TPSA) is 62.5 Å². The van der Waals surface area contributed by atoms with Gasteiger partial charge < -0.3 is 9.52 Å². The van der Waals surface area contributed by atoms with E-state index in [1.54, 1.807) is 13.0 Å². The number of carboxylic acid groups (broad SMARTS) is 1. The Morgan fingerprint density at radius 1 is 1.50 bits per heavy atom. The summed E-state index contributed by atoms with van der Waals surface area (Å²) in [6.45, 7) is 4.01. The summed E-state index contributed by atoms with van der Waals surface area (Å²) in [5.74, 6) is -0.549. The number of likely N-dealkylation sites (N-methyl/N-ethyl adjacent to an activating group) is 1. The minimum Gasteiger partial charge on any atom is -0.480 e. The van der Waals surface area contributed by atoms with E-state index >= 15 is 0 Å². The maximum absolute atomic E-state index is 11.4. The minimum atomic E-state index is -1.21. The van der Waals surface area contributed by atoms with Crippen molar-refractivity contribution in [2.75, 3.05) is 6.54 Å². The number of aliphatic carboxylic acids is 1. The minimum absolute atomic E-state index is 0.407. The van der Waals surface area contributed by atoms with Gasteiger partial charge in [0.2, 0.25) is 0 Å². The maximum atomic E-state index is 11.4. The molecular weight excluding hydrogens is 298 g/mol. The summed E-state index contributed by atoms with van der Waals surface area (Å²) in [5.41, 5.74) is -0.529. The van der Waals surface area contributed by atoms with Crippen LogP contribution in [-0.4, -0.2) is 17.6 Å². The third-order valence-corrected chi connectivity index (χ3v) is 3.42. The first kappa shape index (κ1) is 13.1. The molecule has 2 rings (SSSR count). The number of fused-ring (bicyclic) bond motifs is 1. The number of benzene rings is 1. The molecule has 0 radical (unpaired) electrons. The van der Waals surface area contributed by atoms with Gasteiger partial charge in [0, 0.05) is 9.86 Å². The molecule has 18 heavy (non-hydrogen) atoms. The lowest BCUT2D eigenvalue weighted by atomic mass is 9.99. The Morgan fingerprint density at radius 3 is 2.83 bits per heavy atom. The molecule has 1 aromatic heterocycles. The molecule has 1 unspecified atom stereocenters. The van der Waals surface area contributed by atoms with E-state index in [-0.39, 0.29) is 0 Å². The number of furan rings is 1. The molecule has 0 amide bonds. The van der Waals surface area contributed by atoms with Gasteiger partial charge in [0.1, 0.15) is 11.3 Å². The van der Waals surface area contributed by atoms with E-state index in [1.807, 2.05) is 25.1 Å². The highest BCUT2D eigenvalue weighted by molar-refractivity contribution is 9.10. The molecular formula is C13H14BrNO3. The van der Waals surface area contributed by atoms with Gasteiger partial charge in [-0.25, -0.2) is 4.79 Å². The summed E-state index contributed by atoms with van der Waals surface area (Å²) < 4.78 is 6.57. The van der Waals surface area contributed by atoms with Gasteiger partial charge in [-0.3, -0.25) is 5.32 Å². The first-order chi connectivity index (χ1) is 8.47. The van der Waals surface area contributed by atoms with E-state index in [2.05, 4.69) is 21.2 Å². The summed E-state index contributed by atoms with van der Waals surface area (Å²) in [6.07, 6.45) is 0. The van der Waals surface area contributed by atoms with Crippen molar-refractivity contribution < 1.29 is 14.3 Å². The van der Waals surface area contributed by atoms with Gasteiger partial charge in [0.15, 0.2) is 5.54 Å². The first-order valence-corrected chi connectivity index (χ1v) is 6.44. The molecule has 0 aliphatic rings. The van der Waals surface area contributed by atoms with Gasteiger partial charge in [0.25, 0.3) is 0 Å². The second-order valence-electron chi connectivity index (χ2n) is 4.25. The highest BCUT2D eigenvalue weighted by Crippen LogP contribution is 2.30. The summed E-state index contributed by atoms with van der Waals surface area (Å²) >= 11 is 3.38. The standard InChI is InChI=1S/C13H14BrNO3/c1-3-15-13(2,12(16)17)11-7-8-6-9(14)4-5-10(8)18-11/h4-7,15H,3H2,1-2H3,(H,16,17). The van der Waals surface area contributed by atoms with E-state index in [9.17, 15) is 9.90 Å². The van der Waals surface area contributed by atoms with Crippen LogP contribution in [0.2, 0.25) is 0 Å². The smallest absolute Gasteiger partial charge is 0.331 e. The monoisotopic (exact) mass is 311 g/mol. The van der Waals surface area contributed by atoms with Crippen LogP contribution in [0.4, 0.5) is 0 Å². The largest absolute Gasteiger partial charge is 0.480 e. The predicted octanol–water partition coefficient (Wildman–Crippen LogP) is 3.10. The SMILES string of the molecule is CCNC(C)(C(=O)O)c1cc2cc(Br)ccc2o1. The van der Waals surface area contributed by atoms with Crippen LogP contribution < -0.4 is 5.32 Å². The molecule has 1 atom stereocenters. The molecule has 2 aromatic rings. The van der Waals surface area contributed by atoms with E-state index in [4.69, 9.17) is 4.42 Å². The zero-order valence-corrected chi connectivity index (χ0v) is 11.7. The van der Waals surface area contributed by atoms with Crippen LogP contribution in [0.15, 0.2) is 33.2 Å². The third-order valence-electron chi connectivity index (χ3n) is 2.93. The second-order valence-corrected chi connectivity index (χ2v) is 5.17. The fourth-order valence-corrected chi connectivity index (χ4v) is 2.26. The second kappa shape index (κ2) is 4.74. The van der Waals surface area contributed by atoms with E-state index < -0.39 is 11.5 Å². The Bertz CT molecular complexity index is 593. The molecule has 0 spiro atoms. The van der Waals surface area contributed by atoms with Crippen LogP contribution in [0.5, 0.6) is 0 Å². The Morgan fingerprint density at radius 2 is 2.22 bits per heavy atom. The average molecular weight is 312 g/mol. The van der Waals surface area contributed by atoms with Gasteiger partial charge in [-0.2, -0.15) is 0 Å². The number of hydrogen-bond acceptors (Lipinski definition) is 3.